The topological polar surface area (TPSA) is 61.2 Å². The van der Waals surface area contributed by atoms with Gasteiger partial charge in [0.2, 0.25) is 0 Å². The van der Waals surface area contributed by atoms with Gasteiger partial charge in [-0.05, 0) is 54.7 Å². The zero-order valence-electron chi connectivity index (χ0n) is 17.0. The van der Waals surface area contributed by atoms with Gasteiger partial charge in [-0.15, -0.1) is 0 Å². The number of fused-ring (bicyclic) bond motifs is 1. The summed E-state index contributed by atoms with van der Waals surface area (Å²) in [4.78, 5) is 24.2. The van der Waals surface area contributed by atoms with Gasteiger partial charge in [0.25, 0.3) is 5.56 Å². The number of halogens is 2. The van der Waals surface area contributed by atoms with E-state index in [2.05, 4.69) is 5.10 Å². The van der Waals surface area contributed by atoms with Gasteiger partial charge in [-0.25, -0.2) is 9.07 Å². The van der Waals surface area contributed by atoms with Crippen molar-refractivity contribution in [3.63, 3.8) is 0 Å². The number of rotatable bonds is 6. The van der Waals surface area contributed by atoms with Gasteiger partial charge in [0.15, 0.2) is 0 Å². The molecule has 0 fully saturated rings. The van der Waals surface area contributed by atoms with Gasteiger partial charge < -0.3 is 4.74 Å². The lowest BCUT2D eigenvalue weighted by Crippen LogP contribution is -2.27. The van der Waals surface area contributed by atoms with Gasteiger partial charge in [0.05, 0.1) is 23.2 Å². The number of ether oxygens (including phenoxy) is 1. The Morgan fingerprint density at radius 2 is 2.10 bits per heavy atom. The van der Waals surface area contributed by atoms with Crippen molar-refractivity contribution in [2.24, 2.45) is 0 Å². The minimum atomic E-state index is -0.504. The molecule has 0 spiro atoms. The highest BCUT2D eigenvalue weighted by Gasteiger charge is 2.11. The van der Waals surface area contributed by atoms with Crippen LogP contribution in [-0.4, -0.2) is 22.4 Å². The van der Waals surface area contributed by atoms with E-state index in [-0.39, 0.29) is 29.7 Å². The van der Waals surface area contributed by atoms with E-state index in [1.807, 2.05) is 31.2 Å². The summed E-state index contributed by atoms with van der Waals surface area (Å²) in [7, 11) is 0. The summed E-state index contributed by atoms with van der Waals surface area (Å²) >= 11 is 5.96. The number of carbonyl (C=O) groups is 1. The highest BCUT2D eigenvalue weighted by molar-refractivity contribution is 6.30. The molecule has 0 amide bonds. The second-order valence-electron chi connectivity index (χ2n) is 7.04. The summed E-state index contributed by atoms with van der Waals surface area (Å²) in [6.45, 7) is 5.42. The summed E-state index contributed by atoms with van der Waals surface area (Å²) in [5, 5.41) is 5.33. The Balaban J connectivity index is 1.83. The minimum absolute atomic E-state index is 0.0215. The lowest BCUT2D eigenvalue weighted by atomic mass is 9.97. The van der Waals surface area contributed by atoms with Gasteiger partial charge in [-0.1, -0.05) is 42.8 Å². The van der Waals surface area contributed by atoms with E-state index < -0.39 is 11.8 Å². The number of aryl methyl sites for hydroxylation is 1. The molecule has 0 aliphatic rings. The summed E-state index contributed by atoms with van der Waals surface area (Å²) in [6, 6.07) is 8.81. The van der Waals surface area contributed by atoms with Crippen LogP contribution >= 0.6 is 11.6 Å². The summed E-state index contributed by atoms with van der Waals surface area (Å²) in [6.07, 6.45) is 5.47. The Bertz CT molecular complexity index is 1160. The largest absolute Gasteiger partial charge is 0.465 e. The molecular formula is C23H22ClFN2O3. The second kappa shape index (κ2) is 9.22. The van der Waals surface area contributed by atoms with Crippen molar-refractivity contribution in [3.8, 4) is 0 Å². The van der Waals surface area contributed by atoms with Crippen molar-refractivity contribution >= 4 is 34.4 Å². The fourth-order valence-electron chi connectivity index (χ4n) is 3.13. The standard InChI is InChI=1S/C23H22ClFN2O3/c1-4-30-21(28)13-27-23(29)19-8-7-16(10-18(19)12-26-27)6-5-14(2)17-9-15(3)22(25)20(24)11-17/h5-12,14H,4,13H2,1-3H3/b6-5+. The van der Waals surface area contributed by atoms with Crippen LogP contribution in [0.2, 0.25) is 5.02 Å². The number of nitrogens with zero attached hydrogens (tertiary/aromatic N) is 2. The average molecular weight is 429 g/mol. The molecule has 1 aromatic heterocycles. The molecule has 5 nitrogen and oxygen atoms in total. The molecule has 0 aliphatic heterocycles. The molecule has 3 rings (SSSR count). The SMILES string of the molecule is CCOC(=O)Cn1ncc2cc(/C=C/C(C)c3cc(C)c(F)c(Cl)c3)ccc2c1=O. The molecule has 1 atom stereocenters. The maximum absolute atomic E-state index is 13.7. The van der Waals surface area contributed by atoms with Crippen molar-refractivity contribution in [2.75, 3.05) is 6.61 Å². The number of aromatic nitrogens is 2. The van der Waals surface area contributed by atoms with E-state index in [9.17, 15) is 14.0 Å². The van der Waals surface area contributed by atoms with Crippen LogP contribution in [0.4, 0.5) is 4.39 Å². The van der Waals surface area contributed by atoms with Gasteiger partial charge >= 0.3 is 5.97 Å². The molecule has 1 unspecified atom stereocenters. The molecule has 0 N–H and O–H groups in total. The van der Waals surface area contributed by atoms with E-state index in [1.165, 1.54) is 0 Å². The fourth-order valence-corrected chi connectivity index (χ4v) is 3.41. The lowest BCUT2D eigenvalue weighted by molar-refractivity contribution is -0.144. The molecule has 2 aromatic carbocycles. The second-order valence-corrected chi connectivity index (χ2v) is 7.45. The van der Waals surface area contributed by atoms with Crippen LogP contribution in [0, 0.1) is 12.7 Å². The van der Waals surface area contributed by atoms with Crippen LogP contribution in [-0.2, 0) is 16.1 Å². The maximum Gasteiger partial charge on any atom is 0.327 e. The van der Waals surface area contributed by atoms with E-state index in [0.717, 1.165) is 15.8 Å². The number of hydrogen-bond donors (Lipinski definition) is 0. The fraction of sp³-hybridized carbons (Fsp3) is 0.261. The lowest BCUT2D eigenvalue weighted by Gasteiger charge is -2.10. The third-order valence-electron chi connectivity index (χ3n) is 4.80. The van der Waals surface area contributed by atoms with Crippen LogP contribution in [0.3, 0.4) is 0 Å². The Hall–Kier alpha value is -2.99. The Kier molecular flexibility index (Phi) is 6.67. The summed E-state index contributed by atoms with van der Waals surface area (Å²) < 4.78 is 19.7. The quantitative estimate of drug-likeness (QED) is 0.525. The highest BCUT2D eigenvalue weighted by Crippen LogP contribution is 2.26. The van der Waals surface area contributed by atoms with Crippen LogP contribution in [0.25, 0.3) is 16.8 Å². The Morgan fingerprint density at radius 1 is 1.33 bits per heavy atom. The minimum Gasteiger partial charge on any atom is -0.465 e. The monoisotopic (exact) mass is 428 g/mol. The van der Waals surface area contributed by atoms with E-state index >= 15 is 0 Å². The van der Waals surface area contributed by atoms with Gasteiger partial charge in [0.1, 0.15) is 12.4 Å². The predicted molar refractivity (Wildman–Crippen MR) is 116 cm³/mol. The molecule has 1 heterocycles. The highest BCUT2D eigenvalue weighted by atomic mass is 35.5. The number of benzene rings is 2. The molecule has 156 valence electrons. The average Bonchev–Trinajstić information content (AvgIpc) is 2.72. The molecule has 0 saturated heterocycles. The third kappa shape index (κ3) is 4.76. The van der Waals surface area contributed by atoms with E-state index in [4.69, 9.17) is 16.3 Å². The van der Waals surface area contributed by atoms with Crippen LogP contribution < -0.4 is 5.56 Å². The summed E-state index contributed by atoms with van der Waals surface area (Å²) in [5.74, 6) is -0.878. The smallest absolute Gasteiger partial charge is 0.327 e. The van der Waals surface area contributed by atoms with Crippen LogP contribution in [0.15, 0.2) is 47.4 Å². The number of allylic oxidation sites excluding steroid dienone is 1. The maximum atomic E-state index is 13.7. The Labute approximate surface area is 178 Å². The summed E-state index contributed by atoms with van der Waals surface area (Å²) in [5.41, 5.74) is 1.97. The Morgan fingerprint density at radius 3 is 2.80 bits per heavy atom. The molecule has 0 radical (unpaired) electrons. The van der Waals surface area contributed by atoms with E-state index in [0.29, 0.717) is 16.3 Å². The van der Waals surface area contributed by atoms with Crippen LogP contribution in [0.5, 0.6) is 0 Å². The van der Waals surface area contributed by atoms with Gasteiger partial charge in [-0.2, -0.15) is 5.10 Å². The number of esters is 1. The normalized spacial score (nSPS) is 12.4. The predicted octanol–water partition coefficient (Wildman–Crippen LogP) is 4.88. The number of hydrogen-bond acceptors (Lipinski definition) is 4. The molecule has 3 aromatic rings. The molecule has 0 bridgehead atoms. The first kappa shape index (κ1) is 21.7. The first-order valence-electron chi connectivity index (χ1n) is 9.59. The molecular weight excluding hydrogens is 407 g/mol. The van der Waals surface area contributed by atoms with Crippen molar-refractivity contribution in [3.05, 3.63) is 80.5 Å². The molecule has 0 saturated carbocycles. The van der Waals surface area contributed by atoms with Crippen molar-refractivity contribution < 1.29 is 13.9 Å². The van der Waals surface area contributed by atoms with Gasteiger partial charge in [-0.3, -0.25) is 9.59 Å². The molecule has 30 heavy (non-hydrogen) atoms. The van der Waals surface area contributed by atoms with Crippen molar-refractivity contribution in [1.29, 1.82) is 0 Å². The molecule has 0 aliphatic carbocycles. The first-order chi connectivity index (χ1) is 14.3. The number of carbonyl (C=O) groups excluding carboxylic acids is 1. The first-order valence-corrected chi connectivity index (χ1v) is 9.97. The third-order valence-corrected chi connectivity index (χ3v) is 5.07. The molecule has 7 heteroatoms. The van der Waals surface area contributed by atoms with Crippen molar-refractivity contribution in [2.45, 2.75) is 33.2 Å². The van der Waals surface area contributed by atoms with E-state index in [1.54, 1.807) is 38.2 Å². The zero-order valence-corrected chi connectivity index (χ0v) is 17.7. The van der Waals surface area contributed by atoms with Gasteiger partial charge in [0, 0.05) is 5.39 Å². The van der Waals surface area contributed by atoms with Crippen molar-refractivity contribution in [1.82, 2.24) is 9.78 Å². The zero-order chi connectivity index (χ0) is 21.8. The van der Waals surface area contributed by atoms with Crippen LogP contribution in [0.1, 0.15) is 36.5 Å².